The van der Waals surface area contributed by atoms with Crippen LogP contribution in [0.4, 0.5) is 18.9 Å². The molecule has 0 bridgehead atoms. The highest BCUT2D eigenvalue weighted by Crippen LogP contribution is 2.31. The fraction of sp³-hybridized carbons (Fsp3) is 0.250. The lowest BCUT2D eigenvalue weighted by Crippen LogP contribution is -2.50. The van der Waals surface area contributed by atoms with E-state index in [0.717, 1.165) is 17.0 Å². The molecule has 5 nitrogen and oxygen atoms in total. The van der Waals surface area contributed by atoms with Crippen LogP contribution in [0, 0.1) is 5.92 Å². The van der Waals surface area contributed by atoms with E-state index >= 15 is 0 Å². The molecule has 0 saturated carbocycles. The summed E-state index contributed by atoms with van der Waals surface area (Å²) in [7, 11) is 0. The maximum absolute atomic E-state index is 12.9. The third-order valence-corrected chi connectivity index (χ3v) is 4.46. The quantitative estimate of drug-likeness (QED) is 0.804. The number of rotatable bonds is 4. The monoisotopic (exact) mass is 390 g/mol. The highest BCUT2D eigenvalue weighted by Gasteiger charge is 2.44. The van der Waals surface area contributed by atoms with Crippen molar-refractivity contribution in [3.63, 3.8) is 0 Å². The Labute approximate surface area is 159 Å². The topological polar surface area (TPSA) is 66.5 Å². The Bertz CT molecular complexity index is 919. The summed E-state index contributed by atoms with van der Waals surface area (Å²) in [5.74, 6) is -2.38. The van der Waals surface area contributed by atoms with Crippen molar-refractivity contribution in [2.45, 2.75) is 26.1 Å². The first kappa shape index (κ1) is 19.6. The first-order valence-electron chi connectivity index (χ1n) is 8.56. The molecule has 0 unspecified atom stereocenters. The van der Waals surface area contributed by atoms with Crippen LogP contribution >= 0.6 is 0 Å². The Morgan fingerprint density at radius 2 is 1.54 bits per heavy atom. The Kier molecular flexibility index (Phi) is 4.97. The van der Waals surface area contributed by atoms with Crippen LogP contribution in [0.3, 0.4) is 0 Å². The van der Waals surface area contributed by atoms with E-state index in [4.69, 9.17) is 0 Å². The second kappa shape index (κ2) is 7.10. The maximum atomic E-state index is 12.9. The summed E-state index contributed by atoms with van der Waals surface area (Å²) in [6.45, 7) is 3.31. The molecule has 3 amide bonds. The molecule has 0 saturated heterocycles. The van der Waals surface area contributed by atoms with Crippen molar-refractivity contribution < 1.29 is 27.6 Å². The smallest absolute Gasteiger partial charge is 0.324 e. The minimum Gasteiger partial charge on any atom is -0.324 e. The van der Waals surface area contributed by atoms with Gasteiger partial charge in [-0.3, -0.25) is 19.3 Å². The minimum atomic E-state index is -4.55. The summed E-state index contributed by atoms with van der Waals surface area (Å²) in [5.41, 5.74) is -0.579. The van der Waals surface area contributed by atoms with Crippen molar-refractivity contribution in [3.05, 3.63) is 65.2 Å². The number of imide groups is 1. The van der Waals surface area contributed by atoms with E-state index in [1.807, 2.05) is 0 Å². The molecule has 1 atom stereocenters. The standard InChI is InChI=1S/C20H17F3N2O3/c1-11(2)16(25-18(27)14-8-3-4-9-15(14)19(25)28)17(26)24-13-7-5-6-12(10-13)20(21,22)23/h3-11,16H,1-2H3,(H,24,26)/t16-/m1/s1. The number of halogens is 3. The summed E-state index contributed by atoms with van der Waals surface area (Å²) >= 11 is 0. The summed E-state index contributed by atoms with van der Waals surface area (Å²) in [6, 6.07) is 9.23. The highest BCUT2D eigenvalue weighted by molar-refractivity contribution is 6.23. The molecule has 1 aliphatic rings. The van der Waals surface area contributed by atoms with E-state index in [9.17, 15) is 27.6 Å². The van der Waals surface area contributed by atoms with E-state index in [0.29, 0.717) is 0 Å². The van der Waals surface area contributed by atoms with Gasteiger partial charge in [0.2, 0.25) is 5.91 Å². The summed E-state index contributed by atoms with van der Waals surface area (Å²) in [6.07, 6.45) is -4.55. The molecular weight excluding hydrogens is 373 g/mol. The molecule has 2 aromatic carbocycles. The number of nitrogens with zero attached hydrogens (tertiary/aromatic N) is 1. The molecule has 0 radical (unpaired) electrons. The molecule has 28 heavy (non-hydrogen) atoms. The van der Waals surface area contributed by atoms with Gasteiger partial charge in [0, 0.05) is 5.69 Å². The van der Waals surface area contributed by atoms with E-state index in [1.165, 1.54) is 24.3 Å². The van der Waals surface area contributed by atoms with Gasteiger partial charge in [-0.15, -0.1) is 0 Å². The lowest BCUT2D eigenvalue weighted by molar-refractivity contribution is -0.137. The number of carbonyl (C=O) groups excluding carboxylic acids is 3. The first-order chi connectivity index (χ1) is 13.1. The number of carbonyl (C=O) groups is 3. The normalized spacial score (nSPS) is 15.0. The zero-order valence-corrected chi connectivity index (χ0v) is 15.1. The number of alkyl halides is 3. The SMILES string of the molecule is CC(C)[C@H](C(=O)Nc1cccc(C(F)(F)F)c1)N1C(=O)c2ccccc2C1=O. The van der Waals surface area contributed by atoms with Gasteiger partial charge in [0.15, 0.2) is 0 Å². The lowest BCUT2D eigenvalue weighted by atomic mass is 10.0. The molecule has 2 aromatic rings. The molecule has 1 heterocycles. The Hall–Kier alpha value is -3.16. The Morgan fingerprint density at radius 1 is 0.964 bits per heavy atom. The summed E-state index contributed by atoms with van der Waals surface area (Å²) in [5, 5.41) is 2.40. The van der Waals surface area contributed by atoms with Crippen LogP contribution in [-0.4, -0.2) is 28.7 Å². The molecule has 0 fully saturated rings. The van der Waals surface area contributed by atoms with Crippen LogP contribution in [0.5, 0.6) is 0 Å². The zero-order valence-electron chi connectivity index (χ0n) is 15.1. The van der Waals surface area contributed by atoms with Crippen molar-refractivity contribution in [2.24, 2.45) is 5.92 Å². The van der Waals surface area contributed by atoms with Crippen LogP contribution in [0.25, 0.3) is 0 Å². The number of amides is 3. The largest absolute Gasteiger partial charge is 0.416 e. The van der Waals surface area contributed by atoms with E-state index in [-0.39, 0.29) is 16.8 Å². The summed E-state index contributed by atoms with van der Waals surface area (Å²) < 4.78 is 38.6. The van der Waals surface area contributed by atoms with Crippen LogP contribution in [0.15, 0.2) is 48.5 Å². The van der Waals surface area contributed by atoms with Crippen molar-refractivity contribution in [3.8, 4) is 0 Å². The summed E-state index contributed by atoms with van der Waals surface area (Å²) in [4.78, 5) is 39.0. The van der Waals surface area contributed by atoms with Crippen molar-refractivity contribution in [1.29, 1.82) is 0 Å². The third kappa shape index (κ3) is 3.49. The van der Waals surface area contributed by atoms with E-state index in [1.54, 1.807) is 26.0 Å². The average Bonchev–Trinajstić information content (AvgIpc) is 2.87. The predicted molar refractivity (Wildman–Crippen MR) is 95.6 cm³/mol. The van der Waals surface area contributed by atoms with Gasteiger partial charge in [-0.1, -0.05) is 32.0 Å². The van der Waals surface area contributed by atoms with Gasteiger partial charge >= 0.3 is 6.18 Å². The molecule has 1 aliphatic heterocycles. The van der Waals surface area contributed by atoms with Crippen LogP contribution in [0.1, 0.15) is 40.1 Å². The Balaban J connectivity index is 1.89. The number of nitrogens with one attached hydrogen (secondary N) is 1. The van der Waals surface area contributed by atoms with Crippen LogP contribution in [-0.2, 0) is 11.0 Å². The molecule has 0 aromatic heterocycles. The maximum Gasteiger partial charge on any atom is 0.416 e. The van der Waals surface area contributed by atoms with E-state index in [2.05, 4.69) is 5.32 Å². The average molecular weight is 390 g/mol. The van der Waals surface area contributed by atoms with Crippen molar-refractivity contribution in [1.82, 2.24) is 4.90 Å². The number of hydrogen-bond donors (Lipinski definition) is 1. The molecule has 1 N–H and O–H groups in total. The highest BCUT2D eigenvalue weighted by atomic mass is 19.4. The number of hydrogen-bond acceptors (Lipinski definition) is 3. The molecule has 8 heteroatoms. The van der Waals surface area contributed by atoms with Crippen molar-refractivity contribution in [2.75, 3.05) is 5.32 Å². The lowest BCUT2D eigenvalue weighted by Gasteiger charge is -2.28. The fourth-order valence-corrected chi connectivity index (χ4v) is 3.17. The van der Waals surface area contributed by atoms with Gasteiger partial charge in [0.05, 0.1) is 16.7 Å². The van der Waals surface area contributed by atoms with E-state index < -0.39 is 41.4 Å². The fourth-order valence-electron chi connectivity index (χ4n) is 3.17. The zero-order chi connectivity index (χ0) is 20.6. The second-order valence-electron chi connectivity index (χ2n) is 6.78. The number of fused-ring (bicyclic) bond motifs is 1. The first-order valence-corrected chi connectivity index (χ1v) is 8.56. The molecule has 3 rings (SSSR count). The Morgan fingerprint density at radius 3 is 2.04 bits per heavy atom. The second-order valence-corrected chi connectivity index (χ2v) is 6.78. The molecule has 0 aliphatic carbocycles. The van der Waals surface area contributed by atoms with Gasteiger partial charge in [-0.05, 0) is 36.2 Å². The molecule has 0 spiro atoms. The van der Waals surface area contributed by atoms with Gasteiger partial charge in [0.1, 0.15) is 6.04 Å². The minimum absolute atomic E-state index is 0.0675. The van der Waals surface area contributed by atoms with Crippen molar-refractivity contribution >= 4 is 23.4 Å². The predicted octanol–water partition coefficient (Wildman–Crippen LogP) is 3.96. The van der Waals surface area contributed by atoms with Gasteiger partial charge in [-0.2, -0.15) is 13.2 Å². The van der Waals surface area contributed by atoms with Crippen LogP contribution < -0.4 is 5.32 Å². The molecule has 146 valence electrons. The number of anilines is 1. The van der Waals surface area contributed by atoms with Gasteiger partial charge < -0.3 is 5.32 Å². The van der Waals surface area contributed by atoms with Crippen LogP contribution in [0.2, 0.25) is 0 Å². The molecular formula is C20H17F3N2O3. The number of benzene rings is 2. The van der Waals surface area contributed by atoms with Gasteiger partial charge in [-0.25, -0.2) is 0 Å². The third-order valence-electron chi connectivity index (χ3n) is 4.46. The van der Waals surface area contributed by atoms with Gasteiger partial charge in [0.25, 0.3) is 11.8 Å².